The van der Waals surface area contributed by atoms with E-state index in [1.165, 1.54) is 5.56 Å². The predicted molar refractivity (Wildman–Crippen MR) is 140 cm³/mol. The average Bonchev–Trinajstić information content (AvgIpc) is 3.27. The van der Waals surface area contributed by atoms with Crippen molar-refractivity contribution in [1.82, 2.24) is 15.5 Å². The van der Waals surface area contributed by atoms with Crippen LogP contribution in [0.4, 0.5) is 0 Å². The van der Waals surface area contributed by atoms with E-state index in [-0.39, 0.29) is 35.9 Å². The van der Waals surface area contributed by atoms with Crippen LogP contribution in [-0.4, -0.2) is 42.4 Å². The molecule has 0 radical (unpaired) electrons. The normalized spacial score (nSPS) is 15.9. The molecule has 6 nitrogen and oxygen atoms in total. The van der Waals surface area contributed by atoms with Gasteiger partial charge >= 0.3 is 0 Å². The van der Waals surface area contributed by atoms with Crippen LogP contribution in [0, 0.1) is 0 Å². The second-order valence-corrected chi connectivity index (χ2v) is 7.82. The molecule has 1 fully saturated rings. The number of guanidine groups is 1. The lowest BCUT2D eigenvalue weighted by Crippen LogP contribution is -2.45. The summed E-state index contributed by atoms with van der Waals surface area (Å²) in [6, 6.07) is 18.8. The fourth-order valence-electron chi connectivity index (χ4n) is 3.69. The third-order valence-electron chi connectivity index (χ3n) is 5.32. The molecule has 1 atom stereocenters. The number of amides is 1. The molecule has 7 heteroatoms. The van der Waals surface area contributed by atoms with Crippen LogP contribution in [0.1, 0.15) is 43.4 Å². The van der Waals surface area contributed by atoms with Crippen LogP contribution >= 0.6 is 24.0 Å². The number of likely N-dealkylation sites (tertiary alicyclic amines) is 1. The zero-order valence-electron chi connectivity index (χ0n) is 19.0. The first-order chi connectivity index (χ1) is 15.2. The van der Waals surface area contributed by atoms with Crippen molar-refractivity contribution in [2.45, 2.75) is 52.5 Å². The second kappa shape index (κ2) is 14.1. The van der Waals surface area contributed by atoms with Gasteiger partial charge in [-0.25, -0.2) is 4.99 Å². The Hall–Kier alpha value is -2.13. The number of benzene rings is 2. The highest BCUT2D eigenvalue weighted by Crippen LogP contribution is 2.12. The molecule has 1 aliphatic heterocycles. The monoisotopic (exact) mass is 550 g/mol. The standard InChI is InChI=1S/C25H34N4O2.HI/c1-3-24(30)29-14-13-23(17-29)28-25(26-4-2)27-16-21-11-8-12-22(15-21)19-31-18-20-9-6-5-7-10-20;/h5-12,15,23H,3-4,13-14,16-19H2,1-2H3,(H2,26,27,28);1H. The quantitative estimate of drug-likeness (QED) is 0.281. The van der Waals surface area contributed by atoms with E-state index < -0.39 is 0 Å². The number of carbonyl (C=O) groups is 1. The predicted octanol–water partition coefficient (Wildman–Crippen LogP) is 4.09. The highest BCUT2D eigenvalue weighted by molar-refractivity contribution is 14.0. The largest absolute Gasteiger partial charge is 0.372 e. The topological polar surface area (TPSA) is 66.0 Å². The van der Waals surface area contributed by atoms with Gasteiger partial charge in [0.05, 0.1) is 19.8 Å². The Balaban J connectivity index is 0.00000363. The first-order valence-electron chi connectivity index (χ1n) is 11.2. The number of carbonyl (C=O) groups excluding carboxylic acids is 1. The van der Waals surface area contributed by atoms with Crippen LogP contribution in [0.15, 0.2) is 59.6 Å². The molecule has 1 unspecified atom stereocenters. The summed E-state index contributed by atoms with van der Waals surface area (Å²) in [5.74, 6) is 1.02. The molecule has 174 valence electrons. The van der Waals surface area contributed by atoms with Crippen LogP contribution in [-0.2, 0) is 29.3 Å². The Labute approximate surface area is 208 Å². The van der Waals surface area contributed by atoms with Gasteiger partial charge in [-0.2, -0.15) is 0 Å². The number of nitrogens with one attached hydrogen (secondary N) is 2. The smallest absolute Gasteiger partial charge is 0.222 e. The molecule has 1 amide bonds. The van der Waals surface area contributed by atoms with Gasteiger partial charge in [-0.05, 0) is 30.0 Å². The maximum atomic E-state index is 11.9. The van der Waals surface area contributed by atoms with Gasteiger partial charge in [0.2, 0.25) is 5.91 Å². The van der Waals surface area contributed by atoms with Crippen molar-refractivity contribution in [2.24, 2.45) is 4.99 Å². The summed E-state index contributed by atoms with van der Waals surface area (Å²) in [6.07, 6.45) is 1.51. The Morgan fingerprint density at radius 1 is 1.06 bits per heavy atom. The van der Waals surface area contributed by atoms with Crippen molar-refractivity contribution in [3.8, 4) is 0 Å². The van der Waals surface area contributed by atoms with E-state index in [4.69, 9.17) is 9.73 Å². The number of halogens is 1. The summed E-state index contributed by atoms with van der Waals surface area (Å²) in [7, 11) is 0. The lowest BCUT2D eigenvalue weighted by atomic mass is 10.1. The van der Waals surface area contributed by atoms with E-state index >= 15 is 0 Å². The molecule has 32 heavy (non-hydrogen) atoms. The van der Waals surface area contributed by atoms with Gasteiger partial charge in [0.15, 0.2) is 5.96 Å². The van der Waals surface area contributed by atoms with Crippen LogP contribution in [0.5, 0.6) is 0 Å². The van der Waals surface area contributed by atoms with E-state index in [1.54, 1.807) is 0 Å². The molecule has 2 aromatic carbocycles. The molecule has 0 aliphatic carbocycles. The van der Waals surface area contributed by atoms with Crippen LogP contribution < -0.4 is 10.6 Å². The van der Waals surface area contributed by atoms with Crippen molar-refractivity contribution in [3.63, 3.8) is 0 Å². The zero-order chi connectivity index (χ0) is 21.9. The first-order valence-corrected chi connectivity index (χ1v) is 11.2. The molecule has 1 aliphatic rings. The molecular weight excluding hydrogens is 515 g/mol. The summed E-state index contributed by atoms with van der Waals surface area (Å²) in [4.78, 5) is 18.6. The molecule has 3 rings (SSSR count). The highest BCUT2D eigenvalue weighted by Gasteiger charge is 2.25. The summed E-state index contributed by atoms with van der Waals surface area (Å²) in [5.41, 5.74) is 3.47. The third kappa shape index (κ3) is 8.43. The number of hydrogen-bond acceptors (Lipinski definition) is 3. The molecular formula is C25H35IN4O2. The van der Waals surface area contributed by atoms with Crippen molar-refractivity contribution in [2.75, 3.05) is 19.6 Å². The van der Waals surface area contributed by atoms with Crippen LogP contribution in [0.2, 0.25) is 0 Å². The van der Waals surface area contributed by atoms with Gasteiger partial charge in [-0.15, -0.1) is 24.0 Å². The molecule has 0 aromatic heterocycles. The van der Waals surface area contributed by atoms with E-state index in [0.29, 0.717) is 26.2 Å². The molecule has 1 heterocycles. The Bertz CT molecular complexity index is 860. The average molecular weight is 550 g/mol. The molecule has 0 spiro atoms. The third-order valence-corrected chi connectivity index (χ3v) is 5.32. The summed E-state index contributed by atoms with van der Waals surface area (Å²) in [5, 5.41) is 6.80. The van der Waals surface area contributed by atoms with E-state index in [0.717, 1.165) is 43.1 Å². The number of hydrogen-bond donors (Lipinski definition) is 2. The van der Waals surface area contributed by atoms with E-state index in [2.05, 4.69) is 54.0 Å². The molecule has 0 saturated carbocycles. The van der Waals surface area contributed by atoms with Gasteiger partial charge < -0.3 is 20.3 Å². The fourth-order valence-corrected chi connectivity index (χ4v) is 3.69. The lowest BCUT2D eigenvalue weighted by Gasteiger charge is -2.18. The van der Waals surface area contributed by atoms with E-state index in [9.17, 15) is 4.79 Å². The number of aliphatic imine (C=N–C) groups is 1. The van der Waals surface area contributed by atoms with Crippen molar-refractivity contribution in [1.29, 1.82) is 0 Å². The maximum absolute atomic E-state index is 11.9. The Kier molecular flexibility index (Phi) is 11.5. The summed E-state index contributed by atoms with van der Waals surface area (Å²) >= 11 is 0. The van der Waals surface area contributed by atoms with Crippen molar-refractivity contribution < 1.29 is 9.53 Å². The number of nitrogens with zero attached hydrogens (tertiary/aromatic N) is 2. The SMILES string of the molecule is CCNC(=NCc1cccc(COCc2ccccc2)c1)NC1CCN(C(=O)CC)C1.I. The van der Waals surface area contributed by atoms with Crippen molar-refractivity contribution >= 4 is 35.8 Å². The van der Waals surface area contributed by atoms with Gasteiger partial charge in [0.1, 0.15) is 0 Å². The van der Waals surface area contributed by atoms with Gasteiger partial charge in [-0.3, -0.25) is 4.79 Å². The van der Waals surface area contributed by atoms with Crippen molar-refractivity contribution in [3.05, 3.63) is 71.3 Å². The van der Waals surface area contributed by atoms with Gasteiger partial charge in [0, 0.05) is 32.1 Å². The van der Waals surface area contributed by atoms with Crippen LogP contribution in [0.25, 0.3) is 0 Å². The number of rotatable bonds is 9. The lowest BCUT2D eigenvalue weighted by molar-refractivity contribution is -0.129. The van der Waals surface area contributed by atoms with Crippen LogP contribution in [0.3, 0.4) is 0 Å². The highest BCUT2D eigenvalue weighted by atomic mass is 127. The van der Waals surface area contributed by atoms with Gasteiger partial charge in [-0.1, -0.05) is 61.5 Å². The Morgan fingerprint density at radius 3 is 2.53 bits per heavy atom. The minimum atomic E-state index is 0. The molecule has 0 bridgehead atoms. The zero-order valence-corrected chi connectivity index (χ0v) is 21.4. The minimum absolute atomic E-state index is 0. The Morgan fingerprint density at radius 2 is 1.78 bits per heavy atom. The number of ether oxygens (including phenoxy) is 1. The summed E-state index contributed by atoms with van der Waals surface area (Å²) < 4.78 is 5.86. The molecule has 2 aromatic rings. The maximum Gasteiger partial charge on any atom is 0.222 e. The summed E-state index contributed by atoms with van der Waals surface area (Å²) in [6.45, 7) is 8.10. The minimum Gasteiger partial charge on any atom is -0.372 e. The first kappa shape index (κ1) is 26.1. The van der Waals surface area contributed by atoms with Gasteiger partial charge in [0.25, 0.3) is 0 Å². The van der Waals surface area contributed by atoms with E-state index in [1.807, 2.05) is 30.0 Å². The molecule has 1 saturated heterocycles. The molecule has 2 N–H and O–H groups in total. The second-order valence-electron chi connectivity index (χ2n) is 7.82. The fraction of sp³-hybridized carbons (Fsp3) is 0.440.